The van der Waals surface area contributed by atoms with E-state index in [1.807, 2.05) is 48.5 Å². The summed E-state index contributed by atoms with van der Waals surface area (Å²) in [6.07, 6.45) is 5.32. The van der Waals surface area contributed by atoms with Crippen LogP contribution in [-0.2, 0) is 16.6 Å². The molecule has 172 valence electrons. The van der Waals surface area contributed by atoms with Crippen molar-refractivity contribution in [3.63, 3.8) is 0 Å². The first-order valence-electron chi connectivity index (χ1n) is 12.0. The minimum atomic E-state index is -0.333. The van der Waals surface area contributed by atoms with E-state index in [9.17, 15) is 4.79 Å². The molecule has 6 rings (SSSR count). The van der Waals surface area contributed by atoms with Crippen LogP contribution in [0.4, 0.5) is 0 Å². The van der Waals surface area contributed by atoms with Crippen LogP contribution in [0.1, 0.15) is 40.7 Å². The molecule has 4 atom stereocenters. The van der Waals surface area contributed by atoms with E-state index in [-0.39, 0.29) is 23.6 Å². The van der Waals surface area contributed by atoms with Crippen molar-refractivity contribution in [1.29, 1.82) is 0 Å². The molecule has 0 spiro atoms. The monoisotopic (exact) mass is 452 g/mol. The van der Waals surface area contributed by atoms with Crippen LogP contribution < -0.4 is 9.47 Å². The van der Waals surface area contributed by atoms with Crippen LogP contribution in [0.15, 0.2) is 79.4 Å². The van der Waals surface area contributed by atoms with Gasteiger partial charge in [0.15, 0.2) is 0 Å². The van der Waals surface area contributed by atoms with E-state index < -0.39 is 0 Å². The van der Waals surface area contributed by atoms with Crippen LogP contribution in [0.5, 0.6) is 11.5 Å². The van der Waals surface area contributed by atoms with E-state index in [0.29, 0.717) is 11.5 Å². The van der Waals surface area contributed by atoms with Gasteiger partial charge in [0.05, 0.1) is 18.1 Å². The summed E-state index contributed by atoms with van der Waals surface area (Å²) < 4.78 is 18.2. The van der Waals surface area contributed by atoms with E-state index in [1.165, 1.54) is 11.1 Å². The fraction of sp³-hybridized carbons (Fsp3) is 0.300. The molecule has 0 radical (unpaired) electrons. The summed E-state index contributed by atoms with van der Waals surface area (Å²) >= 11 is 0. The minimum Gasteiger partial charge on any atom is -0.497 e. The smallest absolute Gasteiger partial charge is 0.338 e. The van der Waals surface area contributed by atoms with Gasteiger partial charge in [0.1, 0.15) is 23.7 Å². The predicted molar refractivity (Wildman–Crippen MR) is 131 cm³/mol. The van der Waals surface area contributed by atoms with Gasteiger partial charge in [-0.05, 0) is 66.5 Å². The van der Waals surface area contributed by atoms with Crippen LogP contribution in [0.2, 0.25) is 0 Å². The molecule has 4 heteroatoms. The molecule has 3 aliphatic rings. The Hall–Kier alpha value is -3.53. The molecule has 1 heterocycles. The Bertz CT molecular complexity index is 1250. The van der Waals surface area contributed by atoms with Gasteiger partial charge in [-0.25, -0.2) is 4.79 Å². The Morgan fingerprint density at radius 1 is 1.03 bits per heavy atom. The first kappa shape index (κ1) is 21.0. The van der Waals surface area contributed by atoms with Crippen LogP contribution in [0.3, 0.4) is 0 Å². The Balaban J connectivity index is 1.28. The molecule has 34 heavy (non-hydrogen) atoms. The zero-order valence-corrected chi connectivity index (χ0v) is 19.3. The summed E-state index contributed by atoms with van der Waals surface area (Å²) in [4.78, 5) is 13.2. The minimum absolute atomic E-state index is 0.266. The number of hydrogen-bond acceptors (Lipinski definition) is 4. The van der Waals surface area contributed by atoms with Crippen LogP contribution in [0.25, 0.3) is 11.1 Å². The average molecular weight is 453 g/mol. The first-order chi connectivity index (χ1) is 16.6. The maximum Gasteiger partial charge on any atom is 0.338 e. The van der Waals surface area contributed by atoms with Crippen molar-refractivity contribution < 1.29 is 19.0 Å². The van der Waals surface area contributed by atoms with Crippen molar-refractivity contribution in [3.8, 4) is 22.6 Å². The van der Waals surface area contributed by atoms with Gasteiger partial charge in [-0.3, -0.25) is 0 Å². The van der Waals surface area contributed by atoms with Gasteiger partial charge < -0.3 is 14.2 Å². The lowest BCUT2D eigenvalue weighted by Gasteiger charge is -2.48. The average Bonchev–Trinajstić information content (AvgIpc) is 3.25. The fourth-order valence-electron chi connectivity index (χ4n) is 6.35. The summed E-state index contributed by atoms with van der Waals surface area (Å²) in [5, 5.41) is 0. The van der Waals surface area contributed by atoms with Gasteiger partial charge in [-0.2, -0.15) is 0 Å². The third kappa shape index (κ3) is 3.08. The summed E-state index contributed by atoms with van der Waals surface area (Å²) in [6, 6.07) is 21.8. The lowest BCUT2D eigenvalue weighted by Crippen LogP contribution is -2.55. The third-order valence-electron chi connectivity index (χ3n) is 7.95. The van der Waals surface area contributed by atoms with Gasteiger partial charge in [0, 0.05) is 11.6 Å². The molecule has 3 aromatic rings. The molecule has 0 saturated heterocycles. The predicted octanol–water partition coefficient (Wildman–Crippen LogP) is 6.13. The molecule has 0 N–H and O–H groups in total. The number of carbonyl (C=O) groups excluding carboxylic acids is 1. The van der Waals surface area contributed by atoms with Gasteiger partial charge in [-0.15, -0.1) is 6.58 Å². The molecule has 1 saturated carbocycles. The molecule has 0 bridgehead atoms. The maximum atomic E-state index is 13.2. The summed E-state index contributed by atoms with van der Waals surface area (Å²) in [5.41, 5.74) is 4.90. The number of methoxy groups -OCH3 is 1. The van der Waals surface area contributed by atoms with E-state index in [2.05, 4.69) is 30.9 Å². The Kier molecular flexibility index (Phi) is 4.98. The number of carbonyl (C=O) groups is 1. The summed E-state index contributed by atoms with van der Waals surface area (Å²) in [5.74, 6) is 1.78. The van der Waals surface area contributed by atoms with Gasteiger partial charge in [0.2, 0.25) is 0 Å². The highest BCUT2D eigenvalue weighted by Gasteiger charge is 2.60. The molecular formula is C30H28O4. The Labute approximate surface area is 200 Å². The van der Waals surface area contributed by atoms with Crippen molar-refractivity contribution >= 4 is 5.97 Å². The first-order valence-corrected chi connectivity index (χ1v) is 12.0. The van der Waals surface area contributed by atoms with E-state index in [4.69, 9.17) is 14.2 Å². The van der Waals surface area contributed by atoms with E-state index >= 15 is 0 Å². The van der Waals surface area contributed by atoms with Crippen LogP contribution in [-0.4, -0.2) is 25.3 Å². The van der Waals surface area contributed by atoms with E-state index in [0.717, 1.165) is 48.3 Å². The molecule has 0 amide bonds. The summed E-state index contributed by atoms with van der Waals surface area (Å²) in [6.45, 7) is 4.24. The normalized spacial score (nSPS) is 26.2. The topological polar surface area (TPSA) is 44.8 Å². The largest absolute Gasteiger partial charge is 0.497 e. The molecule has 0 aromatic heterocycles. The van der Waals surface area contributed by atoms with Gasteiger partial charge in [0.25, 0.3) is 0 Å². The second-order valence-corrected chi connectivity index (χ2v) is 9.54. The number of esters is 1. The second kappa shape index (κ2) is 8.05. The lowest BCUT2D eigenvalue weighted by molar-refractivity contribution is -0.0559. The zero-order valence-electron chi connectivity index (χ0n) is 19.3. The fourth-order valence-corrected chi connectivity index (χ4v) is 6.35. The third-order valence-corrected chi connectivity index (χ3v) is 7.95. The van der Waals surface area contributed by atoms with Crippen molar-refractivity contribution in [2.45, 2.75) is 43.3 Å². The SMILES string of the molecule is C=C[C@@]12c3c4cc(OC)cc3O[C@@H]1[C@@H](OC(=O)c1ccc(-c3ccccc3)cc1)CC[C@@H]2CC4. The lowest BCUT2D eigenvalue weighted by atomic mass is 9.56. The molecule has 1 aliphatic heterocycles. The maximum absolute atomic E-state index is 13.2. The van der Waals surface area contributed by atoms with Crippen LogP contribution >= 0.6 is 0 Å². The van der Waals surface area contributed by atoms with Crippen LogP contribution in [0, 0.1) is 5.92 Å². The molecule has 1 fully saturated rings. The molecule has 0 unspecified atom stereocenters. The molecule has 4 nitrogen and oxygen atoms in total. The van der Waals surface area contributed by atoms with Crippen molar-refractivity contribution in [1.82, 2.24) is 0 Å². The highest BCUT2D eigenvalue weighted by molar-refractivity contribution is 5.90. The van der Waals surface area contributed by atoms with Crippen molar-refractivity contribution in [2.24, 2.45) is 5.92 Å². The molecular weight excluding hydrogens is 424 g/mol. The molecule has 3 aromatic carbocycles. The summed E-state index contributed by atoms with van der Waals surface area (Å²) in [7, 11) is 1.68. The van der Waals surface area contributed by atoms with Crippen molar-refractivity contribution in [3.05, 3.63) is 96.1 Å². The number of benzene rings is 3. The number of aryl methyl sites for hydroxylation is 1. The Morgan fingerprint density at radius 3 is 2.53 bits per heavy atom. The van der Waals surface area contributed by atoms with Crippen molar-refractivity contribution in [2.75, 3.05) is 7.11 Å². The van der Waals surface area contributed by atoms with Gasteiger partial charge >= 0.3 is 5.97 Å². The quantitative estimate of drug-likeness (QED) is 0.345. The molecule has 2 aliphatic carbocycles. The number of rotatable bonds is 5. The standard InChI is InChI=1S/C30H28O4/c1-3-30-23-14-13-22-17-24(32-2)18-26(27(22)30)33-28(30)25(16-15-23)34-29(31)21-11-9-20(10-12-21)19-7-5-4-6-8-19/h3-12,17-18,23,25,28H,1,13-16H2,2H3/t23-,25-,28+,30+/m0/s1. The van der Waals surface area contributed by atoms with Gasteiger partial charge in [-0.1, -0.05) is 48.5 Å². The highest BCUT2D eigenvalue weighted by Crippen LogP contribution is 2.59. The zero-order chi connectivity index (χ0) is 23.3. The highest BCUT2D eigenvalue weighted by atomic mass is 16.6. The Morgan fingerprint density at radius 2 is 1.79 bits per heavy atom. The second-order valence-electron chi connectivity index (χ2n) is 9.54. The number of ether oxygens (including phenoxy) is 3. The van der Waals surface area contributed by atoms with E-state index in [1.54, 1.807) is 7.11 Å². The number of hydrogen-bond donors (Lipinski definition) is 0.